The summed E-state index contributed by atoms with van der Waals surface area (Å²) in [6.07, 6.45) is 1.46. The lowest BCUT2D eigenvalue weighted by molar-refractivity contribution is 0.157. The van der Waals surface area contributed by atoms with Crippen LogP contribution >= 0.6 is 15.9 Å². The molecule has 0 radical (unpaired) electrons. The van der Waals surface area contributed by atoms with Crippen molar-refractivity contribution in [2.75, 3.05) is 7.11 Å². The minimum Gasteiger partial charge on any atom is -0.495 e. The average molecular weight is 405 g/mol. The number of rotatable bonds is 4. The minimum absolute atomic E-state index is 0.129. The lowest BCUT2D eigenvalue weighted by Gasteiger charge is -2.46. The third kappa shape index (κ3) is 4.68. The molecule has 1 aliphatic rings. The Morgan fingerprint density at radius 3 is 2.30 bits per heavy atom. The number of ether oxygens (including phenoxy) is 1. The SMILES string of the molecule is COc1ccc(Br)cc1S(=O)(=O)NC1CC(C)(C)NC(C)(C)C1. The first-order valence-corrected chi connectivity index (χ1v) is 9.87. The van der Waals surface area contributed by atoms with Gasteiger partial charge in [-0.2, -0.15) is 0 Å². The van der Waals surface area contributed by atoms with Gasteiger partial charge < -0.3 is 10.1 Å². The summed E-state index contributed by atoms with van der Waals surface area (Å²) < 4.78 is 34.4. The van der Waals surface area contributed by atoms with Gasteiger partial charge in [-0.15, -0.1) is 0 Å². The van der Waals surface area contributed by atoms with E-state index in [0.29, 0.717) is 10.2 Å². The van der Waals surface area contributed by atoms with Crippen LogP contribution in [0.4, 0.5) is 0 Å². The van der Waals surface area contributed by atoms with Crippen molar-refractivity contribution < 1.29 is 13.2 Å². The second-order valence-electron chi connectivity index (χ2n) is 7.41. The second kappa shape index (κ2) is 6.35. The maximum absolute atomic E-state index is 12.8. The summed E-state index contributed by atoms with van der Waals surface area (Å²) in [6.45, 7) is 8.37. The topological polar surface area (TPSA) is 67.4 Å². The molecule has 2 N–H and O–H groups in total. The number of sulfonamides is 1. The largest absolute Gasteiger partial charge is 0.495 e. The molecular weight excluding hydrogens is 380 g/mol. The van der Waals surface area contributed by atoms with Crippen molar-refractivity contribution in [3.05, 3.63) is 22.7 Å². The van der Waals surface area contributed by atoms with Crippen molar-refractivity contribution in [2.45, 2.75) is 62.6 Å². The maximum atomic E-state index is 12.8. The molecule has 0 unspecified atom stereocenters. The molecule has 130 valence electrons. The summed E-state index contributed by atoms with van der Waals surface area (Å²) in [5, 5.41) is 3.55. The zero-order chi connectivity index (χ0) is 17.5. The summed E-state index contributed by atoms with van der Waals surface area (Å²) in [5.74, 6) is 0.341. The van der Waals surface area contributed by atoms with Crippen molar-refractivity contribution in [3.8, 4) is 5.75 Å². The standard InChI is InChI=1S/C16H25BrN2O3S/c1-15(2)9-12(10-16(3,4)19-15)18-23(20,21)14-8-11(17)6-7-13(14)22-5/h6-8,12,18-19H,9-10H2,1-5H3. The number of benzene rings is 1. The molecule has 1 fully saturated rings. The van der Waals surface area contributed by atoms with Gasteiger partial charge in [-0.1, -0.05) is 15.9 Å². The molecule has 23 heavy (non-hydrogen) atoms. The van der Waals surface area contributed by atoms with Crippen LogP contribution in [0.15, 0.2) is 27.6 Å². The fourth-order valence-corrected chi connectivity index (χ4v) is 5.49. The zero-order valence-corrected chi connectivity index (χ0v) is 16.6. The lowest BCUT2D eigenvalue weighted by Crippen LogP contribution is -2.62. The van der Waals surface area contributed by atoms with Crippen molar-refractivity contribution in [3.63, 3.8) is 0 Å². The summed E-state index contributed by atoms with van der Waals surface area (Å²) in [4.78, 5) is 0.156. The Kier molecular flexibility index (Phi) is 5.16. The van der Waals surface area contributed by atoms with E-state index in [1.807, 2.05) is 0 Å². The summed E-state index contributed by atoms with van der Waals surface area (Å²) in [5.41, 5.74) is -0.257. The third-order valence-electron chi connectivity index (χ3n) is 3.93. The Hall–Kier alpha value is -0.630. The highest BCUT2D eigenvalue weighted by Gasteiger charge is 2.39. The van der Waals surface area contributed by atoms with Gasteiger partial charge in [0.2, 0.25) is 10.0 Å². The van der Waals surface area contributed by atoms with E-state index >= 15 is 0 Å². The van der Waals surface area contributed by atoms with Gasteiger partial charge >= 0.3 is 0 Å². The molecule has 1 aliphatic heterocycles. The molecule has 1 aromatic carbocycles. The maximum Gasteiger partial charge on any atom is 0.244 e. The van der Waals surface area contributed by atoms with Gasteiger partial charge in [0, 0.05) is 21.6 Å². The Balaban J connectivity index is 2.30. The first-order valence-electron chi connectivity index (χ1n) is 7.59. The predicted octanol–water partition coefficient (Wildman–Crippen LogP) is 3.05. The van der Waals surface area contributed by atoms with Gasteiger partial charge in [0.15, 0.2) is 0 Å². The smallest absolute Gasteiger partial charge is 0.244 e. The molecule has 0 aliphatic carbocycles. The van der Waals surface area contributed by atoms with Crippen LogP contribution in [0.5, 0.6) is 5.75 Å². The molecule has 5 nitrogen and oxygen atoms in total. The number of nitrogens with one attached hydrogen (secondary N) is 2. The molecule has 0 atom stereocenters. The first-order chi connectivity index (χ1) is 10.4. The molecule has 2 rings (SSSR count). The van der Waals surface area contributed by atoms with Gasteiger partial charge in [0.1, 0.15) is 10.6 Å². The highest BCUT2D eigenvalue weighted by Crippen LogP contribution is 2.31. The molecule has 0 saturated carbocycles. The van der Waals surface area contributed by atoms with E-state index in [0.717, 1.165) is 12.8 Å². The highest BCUT2D eigenvalue weighted by atomic mass is 79.9. The molecule has 1 saturated heterocycles. The van der Waals surface area contributed by atoms with Crippen molar-refractivity contribution >= 4 is 26.0 Å². The number of piperidine rings is 1. The van der Waals surface area contributed by atoms with Crippen LogP contribution in [0.25, 0.3) is 0 Å². The van der Waals surface area contributed by atoms with E-state index in [2.05, 4.69) is 53.7 Å². The number of methoxy groups -OCH3 is 1. The Bertz CT molecular complexity index is 671. The fourth-order valence-electron chi connectivity index (χ4n) is 3.55. The monoisotopic (exact) mass is 404 g/mol. The van der Waals surface area contributed by atoms with Crippen LogP contribution in [0.2, 0.25) is 0 Å². The molecule has 7 heteroatoms. The third-order valence-corrected chi connectivity index (χ3v) is 5.96. The van der Waals surface area contributed by atoms with Crippen molar-refractivity contribution in [2.24, 2.45) is 0 Å². The van der Waals surface area contributed by atoms with Gasteiger partial charge in [-0.05, 0) is 58.7 Å². The van der Waals surface area contributed by atoms with Crippen LogP contribution in [-0.4, -0.2) is 32.6 Å². The molecule has 1 aromatic rings. The number of hydrogen-bond acceptors (Lipinski definition) is 4. The molecule has 0 spiro atoms. The quantitative estimate of drug-likeness (QED) is 0.808. The van der Waals surface area contributed by atoms with Crippen LogP contribution in [0.1, 0.15) is 40.5 Å². The molecule has 0 amide bonds. The normalized spacial score (nSPS) is 21.1. The lowest BCUT2D eigenvalue weighted by atomic mass is 9.80. The molecular formula is C16H25BrN2O3S. The Labute approximate surface area is 147 Å². The predicted molar refractivity (Wildman–Crippen MR) is 95.3 cm³/mol. The van der Waals surface area contributed by atoms with Crippen molar-refractivity contribution in [1.29, 1.82) is 0 Å². The van der Waals surface area contributed by atoms with Gasteiger partial charge in [-0.25, -0.2) is 13.1 Å². The summed E-state index contributed by atoms with van der Waals surface area (Å²) in [6, 6.07) is 4.84. The first kappa shape index (κ1) is 18.7. The van der Waals surface area contributed by atoms with Gasteiger partial charge in [-0.3, -0.25) is 0 Å². The number of hydrogen-bond donors (Lipinski definition) is 2. The van der Waals surface area contributed by atoms with E-state index in [1.54, 1.807) is 18.2 Å². The van der Waals surface area contributed by atoms with Gasteiger partial charge in [0.05, 0.1) is 7.11 Å². The summed E-state index contributed by atoms with van der Waals surface area (Å²) >= 11 is 3.32. The van der Waals surface area contributed by atoms with Gasteiger partial charge in [0.25, 0.3) is 0 Å². The Morgan fingerprint density at radius 2 is 1.78 bits per heavy atom. The highest BCUT2D eigenvalue weighted by molar-refractivity contribution is 9.10. The number of halogens is 1. The summed E-state index contributed by atoms with van der Waals surface area (Å²) in [7, 11) is -2.19. The fraction of sp³-hybridized carbons (Fsp3) is 0.625. The van der Waals surface area contributed by atoms with Crippen LogP contribution in [0.3, 0.4) is 0 Å². The van der Waals surface area contributed by atoms with E-state index in [-0.39, 0.29) is 22.0 Å². The average Bonchev–Trinajstić information content (AvgIpc) is 2.34. The van der Waals surface area contributed by atoms with Crippen LogP contribution in [-0.2, 0) is 10.0 Å². The zero-order valence-electron chi connectivity index (χ0n) is 14.2. The van der Waals surface area contributed by atoms with Crippen LogP contribution in [0, 0.1) is 0 Å². The minimum atomic E-state index is -3.66. The van der Waals surface area contributed by atoms with E-state index < -0.39 is 10.0 Å². The van der Waals surface area contributed by atoms with Crippen molar-refractivity contribution in [1.82, 2.24) is 10.0 Å². The molecule has 0 aromatic heterocycles. The van der Waals surface area contributed by atoms with E-state index in [1.165, 1.54) is 7.11 Å². The van der Waals surface area contributed by atoms with Crippen LogP contribution < -0.4 is 14.8 Å². The molecule has 0 bridgehead atoms. The second-order valence-corrected chi connectivity index (χ2v) is 10.0. The molecule has 1 heterocycles. The van der Waals surface area contributed by atoms with E-state index in [4.69, 9.17) is 4.74 Å². The Morgan fingerprint density at radius 1 is 1.22 bits per heavy atom. The van der Waals surface area contributed by atoms with E-state index in [9.17, 15) is 8.42 Å².